The van der Waals surface area contributed by atoms with Crippen molar-refractivity contribution in [2.45, 2.75) is 59.2 Å². The summed E-state index contributed by atoms with van der Waals surface area (Å²) in [5.74, 6) is -0.207. The maximum Gasteiger partial charge on any atom is 0.244 e. The molecular weight excluding hydrogens is 538 g/mol. The lowest BCUT2D eigenvalue weighted by Crippen LogP contribution is -2.56. The number of aryl methyl sites for hydroxylation is 2. The minimum atomic E-state index is -3.84. The molecule has 220 valence electrons. The smallest absolute Gasteiger partial charge is 0.244 e. The molecule has 2 amide bonds. The zero-order valence-electron chi connectivity index (χ0n) is 25.0. The second-order valence-electron chi connectivity index (χ2n) is 11.4. The minimum Gasteiger partial charge on any atom is -0.497 e. The van der Waals surface area contributed by atoms with Gasteiger partial charge in [-0.05, 0) is 75.1 Å². The van der Waals surface area contributed by atoms with E-state index >= 15 is 0 Å². The maximum atomic E-state index is 14.2. The fraction of sp³-hybridized carbons (Fsp3) is 0.375. The first-order chi connectivity index (χ1) is 19.2. The first-order valence-corrected chi connectivity index (χ1v) is 15.4. The molecule has 1 N–H and O–H groups in total. The number of carbonyl (C=O) groups is 2. The number of amides is 2. The van der Waals surface area contributed by atoms with E-state index in [9.17, 15) is 18.0 Å². The van der Waals surface area contributed by atoms with Crippen LogP contribution in [0.3, 0.4) is 0 Å². The molecule has 0 aliphatic carbocycles. The molecule has 0 saturated carbocycles. The van der Waals surface area contributed by atoms with Gasteiger partial charge >= 0.3 is 0 Å². The molecule has 8 nitrogen and oxygen atoms in total. The van der Waals surface area contributed by atoms with Crippen LogP contribution >= 0.6 is 0 Å². The number of rotatable bonds is 11. The van der Waals surface area contributed by atoms with Crippen molar-refractivity contribution in [3.8, 4) is 5.75 Å². The molecule has 0 aromatic heterocycles. The van der Waals surface area contributed by atoms with E-state index in [2.05, 4.69) is 5.32 Å². The lowest BCUT2D eigenvalue weighted by Gasteiger charge is -2.35. The van der Waals surface area contributed by atoms with Crippen molar-refractivity contribution in [2.24, 2.45) is 0 Å². The maximum absolute atomic E-state index is 14.2. The van der Waals surface area contributed by atoms with E-state index in [4.69, 9.17) is 4.74 Å². The largest absolute Gasteiger partial charge is 0.497 e. The third kappa shape index (κ3) is 9.08. The molecule has 1 atom stereocenters. The molecule has 0 unspecified atom stereocenters. The van der Waals surface area contributed by atoms with Crippen LogP contribution in [-0.4, -0.2) is 56.6 Å². The molecule has 0 saturated heterocycles. The van der Waals surface area contributed by atoms with Gasteiger partial charge in [0.15, 0.2) is 0 Å². The molecule has 0 aliphatic heterocycles. The van der Waals surface area contributed by atoms with Gasteiger partial charge in [-0.3, -0.25) is 13.9 Å². The average molecular weight is 580 g/mol. The van der Waals surface area contributed by atoms with Crippen LogP contribution in [0.4, 0.5) is 5.69 Å². The number of hydrogen-bond donors (Lipinski definition) is 1. The highest BCUT2D eigenvalue weighted by molar-refractivity contribution is 7.92. The molecule has 3 aromatic carbocycles. The van der Waals surface area contributed by atoms with Crippen LogP contribution in [0.15, 0.2) is 72.8 Å². The van der Waals surface area contributed by atoms with E-state index < -0.39 is 34.1 Å². The summed E-state index contributed by atoms with van der Waals surface area (Å²) in [5.41, 5.74) is 3.09. The zero-order valence-corrected chi connectivity index (χ0v) is 25.8. The average Bonchev–Trinajstić information content (AvgIpc) is 2.89. The van der Waals surface area contributed by atoms with Crippen molar-refractivity contribution in [3.63, 3.8) is 0 Å². The summed E-state index contributed by atoms with van der Waals surface area (Å²) in [7, 11) is -2.28. The quantitative estimate of drug-likeness (QED) is 0.357. The molecule has 0 aliphatic rings. The minimum absolute atomic E-state index is 0.0789. The second-order valence-corrected chi connectivity index (χ2v) is 13.3. The fourth-order valence-corrected chi connectivity index (χ4v) is 5.46. The number of benzene rings is 3. The molecule has 3 rings (SSSR count). The second kappa shape index (κ2) is 13.2. The van der Waals surface area contributed by atoms with Crippen LogP contribution < -0.4 is 14.4 Å². The van der Waals surface area contributed by atoms with Gasteiger partial charge in [0.05, 0.1) is 19.1 Å². The third-order valence-corrected chi connectivity index (χ3v) is 7.70. The standard InChI is InChI=1S/C32H41N3O5S/c1-23-16-17-24(2)28(18-23)35(41(7,38)39)22-30(36)34(21-26-14-11-15-27(19-26)40-6)29(31(37)33-32(3,4)5)20-25-12-9-8-10-13-25/h8-19,29H,20-22H2,1-7H3,(H,33,37)/t29-/m1/s1. The van der Waals surface area contributed by atoms with Crippen molar-refractivity contribution in [3.05, 3.63) is 95.1 Å². The van der Waals surface area contributed by atoms with E-state index in [0.29, 0.717) is 11.4 Å². The van der Waals surface area contributed by atoms with E-state index in [1.54, 1.807) is 32.2 Å². The van der Waals surface area contributed by atoms with Crippen molar-refractivity contribution >= 4 is 27.5 Å². The summed E-state index contributed by atoms with van der Waals surface area (Å²) in [4.78, 5) is 29.5. The van der Waals surface area contributed by atoms with Gasteiger partial charge in [0.1, 0.15) is 18.3 Å². The van der Waals surface area contributed by atoms with Crippen LogP contribution in [0, 0.1) is 13.8 Å². The van der Waals surface area contributed by atoms with Gasteiger partial charge in [0.2, 0.25) is 21.8 Å². The number of nitrogens with one attached hydrogen (secondary N) is 1. The van der Waals surface area contributed by atoms with Gasteiger partial charge < -0.3 is 15.0 Å². The van der Waals surface area contributed by atoms with Crippen LogP contribution in [0.25, 0.3) is 0 Å². The summed E-state index contributed by atoms with van der Waals surface area (Å²) in [5, 5.41) is 3.03. The lowest BCUT2D eigenvalue weighted by molar-refractivity contribution is -0.140. The summed E-state index contributed by atoms with van der Waals surface area (Å²) < 4.78 is 32.6. The molecule has 0 fully saturated rings. The number of ether oxygens (including phenoxy) is 1. The molecule has 0 bridgehead atoms. The molecular formula is C32H41N3O5S. The Bertz CT molecular complexity index is 1470. The van der Waals surface area contributed by atoms with E-state index in [0.717, 1.165) is 32.8 Å². The number of anilines is 1. The Morgan fingerprint density at radius 3 is 2.20 bits per heavy atom. The highest BCUT2D eigenvalue weighted by Crippen LogP contribution is 2.25. The predicted octanol–water partition coefficient (Wildman–Crippen LogP) is 4.63. The first-order valence-electron chi connectivity index (χ1n) is 13.5. The SMILES string of the molecule is COc1cccc(CN(C(=O)CN(c2cc(C)ccc2C)S(C)(=O)=O)[C@H](Cc2ccccc2)C(=O)NC(C)(C)C)c1. The number of hydrogen-bond acceptors (Lipinski definition) is 5. The Labute approximate surface area is 244 Å². The number of methoxy groups -OCH3 is 1. The van der Waals surface area contributed by atoms with Gasteiger partial charge in [0, 0.05) is 18.5 Å². The number of nitrogens with zero attached hydrogens (tertiary/aromatic N) is 2. The Morgan fingerprint density at radius 1 is 0.927 bits per heavy atom. The molecule has 9 heteroatoms. The zero-order chi connectivity index (χ0) is 30.4. The predicted molar refractivity (Wildman–Crippen MR) is 163 cm³/mol. The van der Waals surface area contributed by atoms with Crippen molar-refractivity contribution in [2.75, 3.05) is 24.2 Å². The van der Waals surface area contributed by atoms with Gasteiger partial charge in [-0.2, -0.15) is 0 Å². The first kappa shape index (κ1) is 31.7. The van der Waals surface area contributed by atoms with Crippen LogP contribution in [-0.2, 0) is 32.6 Å². The highest BCUT2D eigenvalue weighted by Gasteiger charge is 2.34. The van der Waals surface area contributed by atoms with Gasteiger partial charge in [-0.25, -0.2) is 8.42 Å². The van der Waals surface area contributed by atoms with Crippen LogP contribution in [0.2, 0.25) is 0 Å². The Hall–Kier alpha value is -3.85. The lowest BCUT2D eigenvalue weighted by atomic mass is 10.0. The van der Waals surface area contributed by atoms with Crippen LogP contribution in [0.1, 0.15) is 43.0 Å². The summed E-state index contributed by atoms with van der Waals surface area (Å²) >= 11 is 0. The topological polar surface area (TPSA) is 96.0 Å². The fourth-order valence-electron chi connectivity index (χ4n) is 4.56. The van der Waals surface area contributed by atoms with E-state index in [1.807, 2.05) is 82.3 Å². The van der Waals surface area contributed by atoms with Gasteiger partial charge in [-0.15, -0.1) is 0 Å². The molecule has 0 radical (unpaired) electrons. The molecule has 3 aromatic rings. The third-order valence-electron chi connectivity index (χ3n) is 6.57. The normalized spacial score (nSPS) is 12.4. The summed E-state index contributed by atoms with van der Waals surface area (Å²) in [6.07, 6.45) is 1.34. The number of carbonyl (C=O) groups excluding carboxylic acids is 2. The molecule has 0 heterocycles. The highest BCUT2D eigenvalue weighted by atomic mass is 32.2. The van der Waals surface area contributed by atoms with E-state index in [-0.39, 0.29) is 18.9 Å². The Kier molecular flexibility index (Phi) is 10.2. The molecule has 41 heavy (non-hydrogen) atoms. The summed E-state index contributed by atoms with van der Waals surface area (Å²) in [6.45, 7) is 8.93. The monoisotopic (exact) mass is 579 g/mol. The Balaban J connectivity index is 2.11. The molecule has 0 spiro atoms. The van der Waals surface area contributed by atoms with Crippen molar-refractivity contribution < 1.29 is 22.7 Å². The van der Waals surface area contributed by atoms with Gasteiger partial charge in [0.25, 0.3) is 0 Å². The Morgan fingerprint density at radius 2 is 1.59 bits per heavy atom. The van der Waals surface area contributed by atoms with Crippen molar-refractivity contribution in [1.29, 1.82) is 0 Å². The van der Waals surface area contributed by atoms with Crippen LogP contribution in [0.5, 0.6) is 5.75 Å². The van der Waals surface area contributed by atoms with E-state index in [1.165, 1.54) is 4.90 Å². The van der Waals surface area contributed by atoms with Crippen molar-refractivity contribution in [1.82, 2.24) is 10.2 Å². The number of sulfonamides is 1. The summed E-state index contributed by atoms with van der Waals surface area (Å²) in [6, 6.07) is 21.3. The van der Waals surface area contributed by atoms with Gasteiger partial charge in [-0.1, -0.05) is 54.6 Å².